The molecule has 0 bridgehead atoms. The maximum absolute atomic E-state index is 12.5. The van der Waals surface area contributed by atoms with Gasteiger partial charge < -0.3 is 15.3 Å². The zero-order chi connectivity index (χ0) is 15.6. The van der Waals surface area contributed by atoms with Crippen LogP contribution in [0.5, 0.6) is 0 Å². The predicted octanol–water partition coefficient (Wildman–Crippen LogP) is 2.85. The summed E-state index contributed by atoms with van der Waals surface area (Å²) in [5, 5.41) is 12.5. The number of likely N-dealkylation sites (tertiary alicyclic amines) is 1. The Kier molecular flexibility index (Phi) is 5.05. The Morgan fingerprint density at radius 3 is 2.35 bits per heavy atom. The second-order valence-electron chi connectivity index (χ2n) is 6.72. The fraction of sp³-hybridized carbons (Fsp3) is 0.867. The van der Waals surface area contributed by atoms with Crippen LogP contribution >= 0.6 is 0 Å². The summed E-state index contributed by atoms with van der Waals surface area (Å²) in [5.41, 5.74) is -0.669. The highest BCUT2D eigenvalue weighted by atomic mass is 16.4. The summed E-state index contributed by atoms with van der Waals surface area (Å²) in [6.45, 7) is 10.4. The second-order valence-corrected chi connectivity index (χ2v) is 6.72. The van der Waals surface area contributed by atoms with Gasteiger partial charge in [0, 0.05) is 12.1 Å². The molecule has 0 aliphatic carbocycles. The average molecular weight is 284 g/mol. The second kappa shape index (κ2) is 6.02. The smallest absolute Gasteiger partial charge is 0.327 e. The number of amides is 2. The van der Waals surface area contributed by atoms with Gasteiger partial charge in [-0.2, -0.15) is 0 Å². The minimum atomic E-state index is -0.917. The molecule has 1 aliphatic rings. The molecule has 1 rings (SSSR count). The Morgan fingerprint density at radius 2 is 1.90 bits per heavy atom. The number of urea groups is 1. The number of rotatable bonds is 4. The van der Waals surface area contributed by atoms with Gasteiger partial charge in [-0.1, -0.05) is 27.7 Å². The summed E-state index contributed by atoms with van der Waals surface area (Å²) in [6, 6.07) is -1.01. The lowest BCUT2D eigenvalue weighted by Gasteiger charge is -2.45. The maximum atomic E-state index is 12.5. The highest BCUT2D eigenvalue weighted by molar-refractivity contribution is 5.84. The number of aliphatic carboxylic acids is 1. The molecule has 0 aromatic carbocycles. The molecule has 0 spiro atoms. The molecular formula is C15H28N2O3. The molecule has 1 aliphatic heterocycles. The van der Waals surface area contributed by atoms with E-state index >= 15 is 0 Å². The molecule has 0 radical (unpaired) electrons. The van der Waals surface area contributed by atoms with Crippen molar-refractivity contribution in [3.63, 3.8) is 0 Å². The van der Waals surface area contributed by atoms with E-state index in [0.717, 1.165) is 25.7 Å². The highest BCUT2D eigenvalue weighted by Crippen LogP contribution is 2.35. The summed E-state index contributed by atoms with van der Waals surface area (Å²) in [5.74, 6) is -0.917. The first-order chi connectivity index (χ1) is 9.17. The van der Waals surface area contributed by atoms with Gasteiger partial charge in [-0.25, -0.2) is 9.59 Å². The molecule has 5 heteroatoms. The topological polar surface area (TPSA) is 69.6 Å². The van der Waals surface area contributed by atoms with Crippen molar-refractivity contribution in [1.82, 2.24) is 10.2 Å². The molecule has 0 aromatic heterocycles. The van der Waals surface area contributed by atoms with Crippen LogP contribution < -0.4 is 5.32 Å². The number of hydrogen-bond acceptors (Lipinski definition) is 2. The zero-order valence-corrected chi connectivity index (χ0v) is 13.3. The van der Waals surface area contributed by atoms with E-state index < -0.39 is 17.4 Å². The van der Waals surface area contributed by atoms with Crippen LogP contribution in [0.25, 0.3) is 0 Å². The van der Waals surface area contributed by atoms with Crippen molar-refractivity contribution < 1.29 is 14.7 Å². The van der Waals surface area contributed by atoms with E-state index in [1.54, 1.807) is 0 Å². The Balaban J connectivity index is 2.92. The SMILES string of the molecule is CCC(C)(CC)NC(=O)N1CCCC(C)(C)C1C(=O)O. The summed E-state index contributed by atoms with van der Waals surface area (Å²) in [4.78, 5) is 25.5. The van der Waals surface area contributed by atoms with Crippen LogP contribution in [-0.4, -0.2) is 40.1 Å². The van der Waals surface area contributed by atoms with Crippen LogP contribution in [0.15, 0.2) is 0 Å². The van der Waals surface area contributed by atoms with Gasteiger partial charge >= 0.3 is 12.0 Å². The Hall–Kier alpha value is -1.26. The number of nitrogens with one attached hydrogen (secondary N) is 1. The van der Waals surface area contributed by atoms with Crippen molar-refractivity contribution in [2.45, 2.75) is 71.9 Å². The van der Waals surface area contributed by atoms with E-state index in [4.69, 9.17) is 0 Å². The lowest BCUT2D eigenvalue weighted by atomic mass is 9.76. The monoisotopic (exact) mass is 284 g/mol. The fourth-order valence-corrected chi connectivity index (χ4v) is 2.84. The van der Waals surface area contributed by atoms with Crippen LogP contribution in [0.3, 0.4) is 0 Å². The van der Waals surface area contributed by atoms with E-state index in [9.17, 15) is 14.7 Å². The maximum Gasteiger partial charge on any atom is 0.327 e. The first kappa shape index (κ1) is 16.8. The van der Waals surface area contributed by atoms with Crippen molar-refractivity contribution in [1.29, 1.82) is 0 Å². The molecule has 5 nitrogen and oxygen atoms in total. The number of carboxylic acid groups (broad SMARTS) is 1. The molecule has 1 saturated heterocycles. The molecule has 116 valence electrons. The molecule has 1 unspecified atom stereocenters. The molecule has 1 heterocycles. The lowest BCUT2D eigenvalue weighted by molar-refractivity contribution is -0.148. The van der Waals surface area contributed by atoms with E-state index in [1.807, 2.05) is 34.6 Å². The van der Waals surface area contributed by atoms with Crippen LogP contribution in [0.2, 0.25) is 0 Å². The van der Waals surface area contributed by atoms with Crippen LogP contribution in [0.1, 0.15) is 60.3 Å². The molecule has 0 aromatic rings. The molecular weight excluding hydrogens is 256 g/mol. The van der Waals surface area contributed by atoms with E-state index in [0.29, 0.717) is 6.54 Å². The van der Waals surface area contributed by atoms with Crippen molar-refractivity contribution in [2.75, 3.05) is 6.54 Å². The molecule has 2 amide bonds. The highest BCUT2D eigenvalue weighted by Gasteiger charge is 2.45. The van der Waals surface area contributed by atoms with Gasteiger partial charge in [0.05, 0.1) is 0 Å². The van der Waals surface area contributed by atoms with Gasteiger partial charge in [0.15, 0.2) is 0 Å². The third-order valence-electron chi connectivity index (χ3n) is 4.74. The zero-order valence-electron chi connectivity index (χ0n) is 13.3. The van der Waals surface area contributed by atoms with Crippen molar-refractivity contribution in [2.24, 2.45) is 5.41 Å². The van der Waals surface area contributed by atoms with Gasteiger partial charge in [0.1, 0.15) is 6.04 Å². The standard InChI is InChI=1S/C15H28N2O3/c1-6-15(5,7-2)16-13(20)17-10-8-9-14(3,4)11(17)12(18)19/h11H,6-10H2,1-5H3,(H,16,20)(H,18,19). The van der Waals surface area contributed by atoms with Gasteiger partial charge in [-0.3, -0.25) is 0 Å². The third-order valence-corrected chi connectivity index (χ3v) is 4.74. The summed E-state index contributed by atoms with van der Waals surface area (Å²) in [7, 11) is 0. The predicted molar refractivity (Wildman–Crippen MR) is 78.7 cm³/mol. The summed E-state index contributed by atoms with van der Waals surface area (Å²) < 4.78 is 0. The van der Waals surface area contributed by atoms with E-state index in [1.165, 1.54) is 4.90 Å². The molecule has 2 N–H and O–H groups in total. The number of carboxylic acids is 1. The van der Waals surface area contributed by atoms with Crippen molar-refractivity contribution >= 4 is 12.0 Å². The number of nitrogens with zero attached hydrogens (tertiary/aromatic N) is 1. The minimum Gasteiger partial charge on any atom is -0.480 e. The first-order valence-corrected chi connectivity index (χ1v) is 7.48. The van der Waals surface area contributed by atoms with E-state index in [-0.39, 0.29) is 11.6 Å². The number of carbonyl (C=O) groups excluding carboxylic acids is 1. The first-order valence-electron chi connectivity index (χ1n) is 7.48. The van der Waals surface area contributed by atoms with Gasteiger partial charge in [0.2, 0.25) is 0 Å². The Morgan fingerprint density at radius 1 is 1.35 bits per heavy atom. The molecule has 1 fully saturated rings. The third kappa shape index (κ3) is 3.44. The van der Waals surface area contributed by atoms with Crippen molar-refractivity contribution in [3.8, 4) is 0 Å². The van der Waals surface area contributed by atoms with E-state index in [2.05, 4.69) is 5.32 Å². The van der Waals surface area contributed by atoms with Gasteiger partial charge in [-0.05, 0) is 38.0 Å². The Bertz CT molecular complexity index is 375. The molecule has 1 atom stereocenters. The summed E-state index contributed by atoms with van der Waals surface area (Å²) in [6.07, 6.45) is 3.32. The minimum absolute atomic E-state index is 0.253. The van der Waals surface area contributed by atoms with Crippen LogP contribution in [-0.2, 0) is 4.79 Å². The van der Waals surface area contributed by atoms with Crippen LogP contribution in [0.4, 0.5) is 4.79 Å². The van der Waals surface area contributed by atoms with Crippen molar-refractivity contribution in [3.05, 3.63) is 0 Å². The Labute approximate surface area is 121 Å². The largest absolute Gasteiger partial charge is 0.480 e. The van der Waals surface area contributed by atoms with Crippen LogP contribution in [0, 0.1) is 5.41 Å². The number of carbonyl (C=O) groups is 2. The summed E-state index contributed by atoms with van der Waals surface area (Å²) >= 11 is 0. The fourth-order valence-electron chi connectivity index (χ4n) is 2.84. The average Bonchev–Trinajstić information content (AvgIpc) is 2.36. The molecule has 20 heavy (non-hydrogen) atoms. The quantitative estimate of drug-likeness (QED) is 0.834. The van der Waals surface area contributed by atoms with Gasteiger partial charge in [-0.15, -0.1) is 0 Å². The molecule has 0 saturated carbocycles. The number of piperidine rings is 1. The van der Waals surface area contributed by atoms with Gasteiger partial charge in [0.25, 0.3) is 0 Å². The lowest BCUT2D eigenvalue weighted by Crippen LogP contribution is -2.61. The normalized spacial score (nSPS) is 22.4. The number of hydrogen-bond donors (Lipinski definition) is 2.